The van der Waals surface area contributed by atoms with Gasteiger partial charge in [-0.05, 0) is 48.4 Å². The molecule has 18 heavy (non-hydrogen) atoms. The lowest BCUT2D eigenvalue weighted by molar-refractivity contribution is 0.301. The third-order valence-electron chi connectivity index (χ3n) is 4.46. The largest absolute Gasteiger partial charge is 0.371 e. The summed E-state index contributed by atoms with van der Waals surface area (Å²) >= 11 is 9.64. The van der Waals surface area contributed by atoms with Gasteiger partial charge in [0.05, 0.1) is 0 Å². The number of anilines is 1. The molecule has 0 spiro atoms. The van der Waals surface area contributed by atoms with E-state index >= 15 is 0 Å². The van der Waals surface area contributed by atoms with Crippen LogP contribution in [-0.4, -0.2) is 13.1 Å². The third-order valence-corrected chi connectivity index (χ3v) is 5.30. The van der Waals surface area contributed by atoms with Crippen molar-refractivity contribution in [3.63, 3.8) is 0 Å². The molecule has 0 N–H and O–H groups in total. The Morgan fingerprint density at radius 3 is 2.61 bits per heavy atom. The Kier molecular flexibility index (Phi) is 4.60. The van der Waals surface area contributed by atoms with Crippen molar-refractivity contribution in [3.05, 3.63) is 28.8 Å². The maximum atomic E-state index is 6.07. The molecular weight excluding hydrogens is 310 g/mol. The molecule has 100 valence electrons. The summed E-state index contributed by atoms with van der Waals surface area (Å²) in [5, 5.41) is 1.69. The Bertz CT molecular complexity index is 415. The minimum atomic E-state index is 0.517. The van der Waals surface area contributed by atoms with Gasteiger partial charge in [0.25, 0.3) is 0 Å². The summed E-state index contributed by atoms with van der Waals surface area (Å²) in [6, 6.07) is 6.24. The first kappa shape index (κ1) is 14.2. The monoisotopic (exact) mass is 329 g/mol. The fraction of sp³-hybridized carbons (Fsp3) is 0.600. The minimum Gasteiger partial charge on any atom is -0.371 e. The van der Waals surface area contributed by atoms with Gasteiger partial charge in [0.2, 0.25) is 0 Å². The summed E-state index contributed by atoms with van der Waals surface area (Å²) in [5.74, 6) is 0. The lowest BCUT2D eigenvalue weighted by atomic mass is 9.82. The second kappa shape index (κ2) is 5.83. The SMILES string of the molecule is CCC1(CC)CCN(c2ccc(Cl)cc2CBr)C1. The van der Waals surface area contributed by atoms with Gasteiger partial charge in [0.1, 0.15) is 0 Å². The Labute approximate surface area is 124 Å². The van der Waals surface area contributed by atoms with Crippen molar-refractivity contribution < 1.29 is 0 Å². The van der Waals surface area contributed by atoms with Gasteiger partial charge >= 0.3 is 0 Å². The van der Waals surface area contributed by atoms with E-state index < -0.39 is 0 Å². The highest BCUT2D eigenvalue weighted by atomic mass is 79.9. The van der Waals surface area contributed by atoms with E-state index in [1.807, 2.05) is 6.07 Å². The Balaban J connectivity index is 2.24. The Morgan fingerprint density at radius 1 is 1.33 bits per heavy atom. The van der Waals surface area contributed by atoms with Gasteiger partial charge in [-0.25, -0.2) is 0 Å². The van der Waals surface area contributed by atoms with Crippen LogP contribution >= 0.6 is 27.5 Å². The van der Waals surface area contributed by atoms with Crippen LogP contribution in [0.4, 0.5) is 5.69 Å². The molecule has 0 saturated carbocycles. The first-order valence-electron chi connectivity index (χ1n) is 6.73. The summed E-state index contributed by atoms with van der Waals surface area (Å²) in [6.07, 6.45) is 3.86. The fourth-order valence-electron chi connectivity index (χ4n) is 2.94. The molecule has 0 amide bonds. The molecule has 1 aliphatic heterocycles. The second-order valence-corrected chi connectivity index (χ2v) is 6.28. The number of hydrogen-bond donors (Lipinski definition) is 0. The van der Waals surface area contributed by atoms with Gasteiger partial charge in [-0.15, -0.1) is 0 Å². The van der Waals surface area contributed by atoms with Crippen LogP contribution in [0.5, 0.6) is 0 Å². The van der Waals surface area contributed by atoms with Crippen molar-refractivity contribution in [3.8, 4) is 0 Å². The molecular formula is C15H21BrClN. The summed E-state index contributed by atoms with van der Waals surface area (Å²) in [6.45, 7) is 6.99. The highest BCUT2D eigenvalue weighted by molar-refractivity contribution is 9.08. The van der Waals surface area contributed by atoms with Crippen molar-refractivity contribution in [2.45, 2.75) is 38.4 Å². The number of hydrogen-bond acceptors (Lipinski definition) is 1. The van der Waals surface area contributed by atoms with Crippen LogP contribution in [-0.2, 0) is 5.33 Å². The minimum absolute atomic E-state index is 0.517. The van der Waals surface area contributed by atoms with Crippen LogP contribution in [0.3, 0.4) is 0 Å². The van der Waals surface area contributed by atoms with Crippen molar-refractivity contribution in [2.75, 3.05) is 18.0 Å². The summed E-state index contributed by atoms with van der Waals surface area (Å²) in [4.78, 5) is 2.53. The predicted octanol–water partition coefficient (Wildman–Crippen LogP) is 5.25. The number of rotatable bonds is 4. The molecule has 1 heterocycles. The van der Waals surface area contributed by atoms with Gasteiger partial charge in [-0.3, -0.25) is 0 Å². The summed E-state index contributed by atoms with van der Waals surface area (Å²) in [7, 11) is 0. The first-order chi connectivity index (χ1) is 8.64. The van der Waals surface area contributed by atoms with E-state index in [1.165, 1.54) is 43.6 Å². The van der Waals surface area contributed by atoms with Crippen molar-refractivity contribution in [1.82, 2.24) is 0 Å². The molecule has 0 atom stereocenters. The highest BCUT2D eigenvalue weighted by Gasteiger charge is 2.35. The molecule has 1 fully saturated rings. The average molecular weight is 331 g/mol. The lowest BCUT2D eigenvalue weighted by Crippen LogP contribution is -2.26. The van der Waals surface area contributed by atoms with E-state index in [1.54, 1.807) is 0 Å². The van der Waals surface area contributed by atoms with Crippen LogP contribution in [0, 0.1) is 5.41 Å². The lowest BCUT2D eigenvalue weighted by Gasteiger charge is -2.28. The quantitative estimate of drug-likeness (QED) is 0.681. The molecule has 3 heteroatoms. The van der Waals surface area contributed by atoms with Gasteiger partial charge in [-0.2, -0.15) is 0 Å². The Morgan fingerprint density at radius 2 is 2.06 bits per heavy atom. The maximum absolute atomic E-state index is 6.07. The summed E-state index contributed by atoms with van der Waals surface area (Å²) in [5.41, 5.74) is 3.16. The van der Waals surface area contributed by atoms with Crippen LogP contribution < -0.4 is 4.90 Å². The van der Waals surface area contributed by atoms with Crippen LogP contribution in [0.1, 0.15) is 38.7 Å². The standard InChI is InChI=1S/C15H21BrClN/c1-3-15(4-2)7-8-18(11-15)14-6-5-13(17)9-12(14)10-16/h5-6,9H,3-4,7-8,10-11H2,1-2H3. The van der Waals surface area contributed by atoms with Gasteiger partial charge in [-0.1, -0.05) is 41.4 Å². The molecule has 1 aromatic rings. The Hall–Kier alpha value is -0.210. The molecule has 1 aromatic carbocycles. The number of nitrogens with zero attached hydrogens (tertiary/aromatic N) is 1. The fourth-order valence-corrected chi connectivity index (χ4v) is 3.58. The molecule has 0 aliphatic carbocycles. The second-order valence-electron chi connectivity index (χ2n) is 5.29. The topological polar surface area (TPSA) is 3.24 Å². The van der Waals surface area contributed by atoms with E-state index in [0.29, 0.717) is 5.41 Å². The zero-order valence-corrected chi connectivity index (χ0v) is 13.5. The van der Waals surface area contributed by atoms with Crippen LogP contribution in [0.2, 0.25) is 5.02 Å². The zero-order chi connectivity index (χ0) is 13.2. The molecule has 1 nitrogen and oxygen atoms in total. The third kappa shape index (κ3) is 2.70. The predicted molar refractivity (Wildman–Crippen MR) is 83.9 cm³/mol. The first-order valence-corrected chi connectivity index (χ1v) is 8.23. The number of alkyl halides is 1. The van der Waals surface area contributed by atoms with E-state index in [0.717, 1.165) is 10.4 Å². The molecule has 0 radical (unpaired) electrons. The smallest absolute Gasteiger partial charge is 0.0410 e. The number of benzene rings is 1. The molecule has 0 bridgehead atoms. The average Bonchev–Trinajstić information content (AvgIpc) is 2.83. The van der Waals surface area contributed by atoms with E-state index in [-0.39, 0.29) is 0 Å². The van der Waals surface area contributed by atoms with Crippen molar-refractivity contribution in [1.29, 1.82) is 0 Å². The maximum Gasteiger partial charge on any atom is 0.0410 e. The van der Waals surface area contributed by atoms with Gasteiger partial charge in [0, 0.05) is 29.1 Å². The zero-order valence-electron chi connectivity index (χ0n) is 11.2. The van der Waals surface area contributed by atoms with Crippen LogP contribution in [0.25, 0.3) is 0 Å². The van der Waals surface area contributed by atoms with Gasteiger partial charge in [0.15, 0.2) is 0 Å². The van der Waals surface area contributed by atoms with E-state index in [4.69, 9.17) is 11.6 Å². The highest BCUT2D eigenvalue weighted by Crippen LogP contribution is 2.40. The molecule has 0 aromatic heterocycles. The van der Waals surface area contributed by atoms with Crippen molar-refractivity contribution >= 4 is 33.2 Å². The van der Waals surface area contributed by atoms with Crippen molar-refractivity contribution in [2.24, 2.45) is 5.41 Å². The van der Waals surface area contributed by atoms with E-state index in [2.05, 4.69) is 46.8 Å². The molecule has 1 saturated heterocycles. The molecule has 2 rings (SSSR count). The number of halogens is 2. The van der Waals surface area contributed by atoms with Gasteiger partial charge < -0.3 is 4.90 Å². The normalized spacial score (nSPS) is 18.3. The van der Waals surface area contributed by atoms with Crippen LogP contribution in [0.15, 0.2) is 18.2 Å². The molecule has 1 aliphatic rings. The summed E-state index contributed by atoms with van der Waals surface area (Å²) < 4.78 is 0. The van der Waals surface area contributed by atoms with E-state index in [9.17, 15) is 0 Å². The molecule has 0 unspecified atom stereocenters.